The lowest BCUT2D eigenvalue weighted by Gasteiger charge is -2.47. The van der Waals surface area contributed by atoms with Crippen LogP contribution in [0.2, 0.25) is 0 Å². The number of phenolic OH excluding ortho intramolecular Hbond substituents is 1. The molecule has 1 amide bonds. The van der Waals surface area contributed by atoms with Crippen LogP contribution in [0, 0.1) is 11.8 Å². The number of Topliss-reactive ketones (excluding diaryl/α,β-unsaturated/α-hetero) is 2. The lowest BCUT2D eigenvalue weighted by atomic mass is 9.59. The van der Waals surface area contributed by atoms with E-state index in [-0.39, 0.29) is 35.8 Å². The Morgan fingerprint density at radius 1 is 1.21 bits per heavy atom. The van der Waals surface area contributed by atoms with Crippen LogP contribution in [0.4, 0.5) is 0 Å². The summed E-state index contributed by atoms with van der Waals surface area (Å²) in [4.78, 5) is 45.4. The first-order valence-corrected chi connectivity index (χ1v) is 13.8. The van der Waals surface area contributed by atoms with Gasteiger partial charge in [-0.15, -0.1) is 0 Å². The summed E-state index contributed by atoms with van der Waals surface area (Å²) >= 11 is 0. The van der Waals surface area contributed by atoms with Crippen LogP contribution in [0.15, 0.2) is 53.3 Å². The number of allylic oxidation sites excluding steroid dienone is 1. The Bertz CT molecular complexity index is 1590. The van der Waals surface area contributed by atoms with Crippen molar-refractivity contribution in [1.29, 1.82) is 0 Å². The van der Waals surface area contributed by atoms with Crippen molar-refractivity contribution >= 4 is 17.5 Å². The van der Waals surface area contributed by atoms with Crippen molar-refractivity contribution in [2.75, 3.05) is 13.7 Å². The second-order valence-corrected chi connectivity index (χ2v) is 11.4. The minimum absolute atomic E-state index is 0.0736. The largest absolute Gasteiger partial charge is 0.510 e. The molecule has 12 nitrogen and oxygen atoms in total. The molecule has 42 heavy (non-hydrogen) atoms. The number of carbonyl (C=O) groups excluding carboxylic acids is 3. The molecule has 0 unspecified atom stereocenters. The summed E-state index contributed by atoms with van der Waals surface area (Å²) in [5.41, 5.74) is 9.70. The fourth-order valence-corrected chi connectivity index (χ4v) is 7.37. The van der Waals surface area contributed by atoms with Crippen LogP contribution in [0.3, 0.4) is 0 Å². The van der Waals surface area contributed by atoms with Gasteiger partial charge >= 0.3 is 0 Å². The van der Waals surface area contributed by atoms with Crippen molar-refractivity contribution in [3.63, 3.8) is 0 Å². The fraction of sp³-hybridized carbons (Fsp3) is 0.400. The molecule has 220 valence electrons. The third-order valence-electron chi connectivity index (χ3n) is 9.29. The van der Waals surface area contributed by atoms with Crippen molar-refractivity contribution in [3.05, 3.63) is 75.5 Å². The maximum absolute atomic E-state index is 13.9. The van der Waals surface area contributed by atoms with E-state index in [0.717, 1.165) is 30.5 Å². The average molecular weight is 577 g/mol. The SMILES string of the molecule is COc1c([C@@H]2CCCN2Cc2ccncc2)cc(O)c2c1C[C@H]1C[C@H]3[C@H](N)C(O)=C(C(N)=O)C(=O)[C@@]3(O)C(O)=C1C2=O. The standard InChI is InChI=1S/C30H32N4O8/c1-42-26-15(18-3-2-8-34(18)12-13-4-6-33-7-5-13)11-19(35)21-16(26)9-14-10-17-23(31)25(37)22(29(32)40)28(39)30(17,41)27(38)20(14)24(21)36/h4-7,11,14,17-18,23,35,37-38,41H,2-3,8-10,12,31H2,1H3,(H2,32,40)/t14-,17-,18-,23-,30-/m0/s1. The van der Waals surface area contributed by atoms with Crippen LogP contribution < -0.4 is 16.2 Å². The molecule has 0 saturated carbocycles. The van der Waals surface area contributed by atoms with Crippen LogP contribution in [-0.4, -0.2) is 73.1 Å². The first-order chi connectivity index (χ1) is 20.0. The number of carbonyl (C=O) groups is 3. The van der Waals surface area contributed by atoms with Crippen molar-refractivity contribution in [1.82, 2.24) is 9.88 Å². The number of hydrogen-bond donors (Lipinski definition) is 6. The molecule has 0 spiro atoms. The van der Waals surface area contributed by atoms with Crippen LogP contribution in [-0.2, 0) is 22.6 Å². The van der Waals surface area contributed by atoms with E-state index in [1.54, 1.807) is 12.4 Å². The van der Waals surface area contributed by atoms with Gasteiger partial charge in [0.1, 0.15) is 28.6 Å². The molecule has 1 aromatic heterocycles. The van der Waals surface area contributed by atoms with Gasteiger partial charge in [0.15, 0.2) is 11.4 Å². The maximum atomic E-state index is 13.9. The number of methoxy groups -OCH3 is 1. The number of phenols is 1. The van der Waals surface area contributed by atoms with Gasteiger partial charge in [0.2, 0.25) is 5.78 Å². The highest BCUT2D eigenvalue weighted by Gasteiger charge is 2.62. The Morgan fingerprint density at radius 2 is 1.93 bits per heavy atom. The van der Waals surface area contributed by atoms with Crippen LogP contribution >= 0.6 is 0 Å². The van der Waals surface area contributed by atoms with Gasteiger partial charge in [-0.25, -0.2) is 0 Å². The van der Waals surface area contributed by atoms with Crippen LogP contribution in [0.5, 0.6) is 11.5 Å². The van der Waals surface area contributed by atoms with E-state index >= 15 is 0 Å². The molecule has 4 aliphatic rings. The number of rotatable bonds is 5. The van der Waals surface area contributed by atoms with Crippen molar-refractivity contribution in [2.45, 2.75) is 49.9 Å². The summed E-state index contributed by atoms with van der Waals surface area (Å²) in [6.07, 6.45) is 5.26. The smallest absolute Gasteiger partial charge is 0.255 e. The minimum atomic E-state index is -2.74. The average Bonchev–Trinajstić information content (AvgIpc) is 3.41. The maximum Gasteiger partial charge on any atom is 0.255 e. The zero-order valence-electron chi connectivity index (χ0n) is 22.9. The Labute approximate surface area is 240 Å². The number of nitrogens with zero attached hydrogens (tertiary/aromatic N) is 2. The second kappa shape index (κ2) is 9.93. The normalized spacial score (nSPS) is 29.3. The van der Waals surface area contributed by atoms with Gasteiger partial charge in [-0.3, -0.25) is 24.3 Å². The molecule has 12 heteroatoms. The number of hydrogen-bond acceptors (Lipinski definition) is 11. The molecule has 1 aromatic carbocycles. The number of fused-ring (bicyclic) bond motifs is 3. The molecular weight excluding hydrogens is 544 g/mol. The summed E-state index contributed by atoms with van der Waals surface area (Å²) in [5, 5.41) is 44.6. The van der Waals surface area contributed by atoms with E-state index in [0.29, 0.717) is 17.9 Å². The number of aliphatic hydroxyl groups excluding tert-OH is 2. The van der Waals surface area contributed by atoms with Gasteiger partial charge in [-0.05, 0) is 61.9 Å². The zero-order valence-corrected chi connectivity index (χ0v) is 22.9. The van der Waals surface area contributed by atoms with Gasteiger partial charge in [-0.2, -0.15) is 0 Å². The summed E-state index contributed by atoms with van der Waals surface area (Å²) in [6, 6.07) is 3.90. The number of aromatic hydroxyl groups is 1. The molecule has 3 aliphatic carbocycles. The highest BCUT2D eigenvalue weighted by Crippen LogP contribution is 2.53. The molecule has 2 aromatic rings. The number of likely N-dealkylation sites (tertiary alicyclic amines) is 1. The fourth-order valence-electron chi connectivity index (χ4n) is 7.37. The van der Waals surface area contributed by atoms with E-state index < -0.39 is 58.0 Å². The molecule has 1 saturated heterocycles. The van der Waals surface area contributed by atoms with Crippen molar-refractivity contribution < 1.29 is 39.5 Å². The third kappa shape index (κ3) is 3.86. The van der Waals surface area contributed by atoms with Crippen molar-refractivity contribution in [2.24, 2.45) is 23.3 Å². The second-order valence-electron chi connectivity index (χ2n) is 11.4. The summed E-state index contributed by atoms with van der Waals surface area (Å²) in [6.45, 7) is 1.49. The summed E-state index contributed by atoms with van der Waals surface area (Å²) in [5.74, 6) is -6.97. The molecule has 8 N–H and O–H groups in total. The molecule has 6 rings (SSSR count). The van der Waals surface area contributed by atoms with E-state index in [9.17, 15) is 34.8 Å². The topological polar surface area (TPSA) is 210 Å². The lowest BCUT2D eigenvalue weighted by Crippen LogP contribution is -2.63. The molecule has 5 atom stereocenters. The number of primary amides is 1. The quantitative estimate of drug-likeness (QED) is 0.279. The number of benzene rings is 1. The number of ketones is 2. The molecule has 2 heterocycles. The molecule has 0 radical (unpaired) electrons. The van der Waals surface area contributed by atoms with E-state index in [1.165, 1.54) is 13.2 Å². The first kappa shape index (κ1) is 27.9. The van der Waals surface area contributed by atoms with Gasteiger partial charge < -0.3 is 36.6 Å². The minimum Gasteiger partial charge on any atom is -0.510 e. The predicted octanol–water partition coefficient (Wildman–Crippen LogP) is 1.26. The number of aliphatic hydroxyl groups is 3. The van der Waals surface area contributed by atoms with E-state index in [2.05, 4.69) is 9.88 Å². The van der Waals surface area contributed by atoms with Crippen molar-refractivity contribution in [3.8, 4) is 11.5 Å². The lowest BCUT2D eigenvalue weighted by molar-refractivity contribution is -0.145. The number of aromatic nitrogens is 1. The Balaban J connectivity index is 1.44. The van der Waals surface area contributed by atoms with E-state index in [1.807, 2.05) is 12.1 Å². The van der Waals surface area contributed by atoms with E-state index in [4.69, 9.17) is 16.2 Å². The Morgan fingerprint density at radius 3 is 2.60 bits per heavy atom. The van der Waals surface area contributed by atoms with Gasteiger partial charge in [-0.1, -0.05) is 0 Å². The summed E-state index contributed by atoms with van der Waals surface area (Å²) in [7, 11) is 1.50. The molecular formula is C30H32N4O8. The first-order valence-electron chi connectivity index (χ1n) is 13.8. The van der Waals surface area contributed by atoms with Crippen LogP contribution in [0.1, 0.15) is 52.4 Å². The number of amides is 1. The number of nitrogens with two attached hydrogens (primary N) is 2. The zero-order chi connectivity index (χ0) is 30.1. The van der Waals surface area contributed by atoms with Gasteiger partial charge in [0, 0.05) is 47.6 Å². The predicted molar refractivity (Wildman–Crippen MR) is 147 cm³/mol. The monoisotopic (exact) mass is 576 g/mol. The van der Waals surface area contributed by atoms with Gasteiger partial charge in [0.05, 0.1) is 18.7 Å². The Kier molecular flexibility index (Phi) is 6.59. The number of ether oxygens (including phenoxy) is 1. The highest BCUT2D eigenvalue weighted by molar-refractivity contribution is 6.24. The molecule has 1 aliphatic heterocycles. The highest BCUT2D eigenvalue weighted by atomic mass is 16.5. The molecule has 1 fully saturated rings. The van der Waals surface area contributed by atoms with Crippen LogP contribution in [0.25, 0.3) is 0 Å². The Hall–Kier alpha value is -4.26. The van der Waals surface area contributed by atoms with Gasteiger partial charge in [0.25, 0.3) is 5.91 Å². The molecule has 0 bridgehead atoms. The summed E-state index contributed by atoms with van der Waals surface area (Å²) < 4.78 is 5.88. The number of pyridine rings is 1. The third-order valence-corrected chi connectivity index (χ3v) is 9.29.